The van der Waals surface area contributed by atoms with Crippen LogP contribution in [0.3, 0.4) is 0 Å². The van der Waals surface area contributed by atoms with Gasteiger partial charge in [-0.2, -0.15) is 10.4 Å². The van der Waals surface area contributed by atoms with E-state index in [0.29, 0.717) is 16.9 Å². The summed E-state index contributed by atoms with van der Waals surface area (Å²) in [6.07, 6.45) is 2.64. The first-order valence-electron chi connectivity index (χ1n) is 8.54. The zero-order chi connectivity index (χ0) is 21.0. The SMILES string of the molecule is Cc1nn(-c2ccc(F)cc2)c(Cl)c1/C=C/C(=O)NC(C#N)c1ccccc1F. The van der Waals surface area contributed by atoms with Crippen LogP contribution >= 0.6 is 11.6 Å². The molecule has 0 spiro atoms. The molecule has 1 N–H and O–H groups in total. The number of nitriles is 1. The molecule has 1 amide bonds. The molecule has 0 saturated carbocycles. The molecule has 0 radical (unpaired) electrons. The lowest BCUT2D eigenvalue weighted by Crippen LogP contribution is -2.26. The van der Waals surface area contributed by atoms with E-state index in [2.05, 4.69) is 10.4 Å². The summed E-state index contributed by atoms with van der Waals surface area (Å²) in [5.41, 5.74) is 1.68. The Kier molecular flexibility index (Phi) is 6.05. The largest absolute Gasteiger partial charge is 0.333 e. The molecule has 0 aliphatic rings. The molecule has 1 unspecified atom stereocenters. The highest BCUT2D eigenvalue weighted by Crippen LogP contribution is 2.25. The number of aromatic nitrogens is 2. The molecule has 146 valence electrons. The molecule has 0 aliphatic carbocycles. The van der Waals surface area contributed by atoms with E-state index >= 15 is 0 Å². The van der Waals surface area contributed by atoms with E-state index < -0.39 is 17.8 Å². The van der Waals surface area contributed by atoms with Crippen molar-refractivity contribution in [3.8, 4) is 11.8 Å². The first-order valence-corrected chi connectivity index (χ1v) is 8.92. The van der Waals surface area contributed by atoms with Crippen LogP contribution in [0.5, 0.6) is 0 Å². The maximum Gasteiger partial charge on any atom is 0.245 e. The molecule has 2 aromatic carbocycles. The molecule has 29 heavy (non-hydrogen) atoms. The standard InChI is InChI=1S/C21H15ClF2N4O/c1-13-16(21(22)28(27-13)15-8-6-14(23)7-9-15)10-11-20(29)26-19(12-25)17-4-2-3-5-18(17)24/h2-11,19H,1H3,(H,26,29)/b11-10+. The summed E-state index contributed by atoms with van der Waals surface area (Å²) in [6.45, 7) is 1.71. The van der Waals surface area contributed by atoms with Crippen LogP contribution in [0.2, 0.25) is 5.15 Å². The second-order valence-corrected chi connectivity index (χ2v) is 6.46. The topological polar surface area (TPSA) is 70.7 Å². The number of hydrogen-bond donors (Lipinski definition) is 1. The van der Waals surface area contributed by atoms with Gasteiger partial charge in [0.05, 0.1) is 17.5 Å². The molecule has 0 bridgehead atoms. The number of nitrogens with one attached hydrogen (secondary N) is 1. The Morgan fingerprint density at radius 1 is 1.24 bits per heavy atom. The number of nitrogens with zero attached hydrogens (tertiary/aromatic N) is 3. The van der Waals surface area contributed by atoms with E-state index in [1.807, 2.05) is 6.07 Å². The van der Waals surface area contributed by atoms with Gasteiger partial charge >= 0.3 is 0 Å². The number of carbonyl (C=O) groups is 1. The van der Waals surface area contributed by atoms with Gasteiger partial charge < -0.3 is 5.32 Å². The highest BCUT2D eigenvalue weighted by atomic mass is 35.5. The van der Waals surface area contributed by atoms with Gasteiger partial charge in [-0.3, -0.25) is 4.79 Å². The minimum Gasteiger partial charge on any atom is -0.333 e. The van der Waals surface area contributed by atoms with Gasteiger partial charge in [0.25, 0.3) is 0 Å². The molecule has 0 fully saturated rings. The number of carbonyl (C=O) groups excluding carboxylic acids is 1. The second kappa shape index (κ2) is 8.67. The number of aryl methyl sites for hydroxylation is 1. The quantitative estimate of drug-likeness (QED) is 0.627. The normalized spacial score (nSPS) is 12.0. The van der Waals surface area contributed by atoms with Crippen LogP contribution in [-0.4, -0.2) is 15.7 Å². The summed E-state index contributed by atoms with van der Waals surface area (Å²) >= 11 is 6.36. The van der Waals surface area contributed by atoms with Gasteiger partial charge in [0.15, 0.2) is 0 Å². The van der Waals surface area contributed by atoms with E-state index in [0.717, 1.165) is 0 Å². The van der Waals surface area contributed by atoms with Crippen molar-refractivity contribution in [2.24, 2.45) is 0 Å². The van der Waals surface area contributed by atoms with Crippen LogP contribution in [0, 0.1) is 29.9 Å². The van der Waals surface area contributed by atoms with Crippen LogP contribution in [-0.2, 0) is 4.79 Å². The zero-order valence-corrected chi connectivity index (χ0v) is 16.0. The van der Waals surface area contributed by atoms with Crippen molar-refractivity contribution in [3.05, 3.63) is 88.2 Å². The van der Waals surface area contributed by atoms with Gasteiger partial charge in [0.2, 0.25) is 5.91 Å². The Morgan fingerprint density at radius 3 is 2.59 bits per heavy atom. The number of rotatable bonds is 5. The molecular weight excluding hydrogens is 398 g/mol. The van der Waals surface area contributed by atoms with Gasteiger partial charge in [-0.05, 0) is 43.3 Å². The van der Waals surface area contributed by atoms with Gasteiger partial charge in [-0.15, -0.1) is 0 Å². The summed E-state index contributed by atoms with van der Waals surface area (Å²) in [4.78, 5) is 12.2. The molecule has 0 aliphatic heterocycles. The minimum atomic E-state index is -1.13. The lowest BCUT2D eigenvalue weighted by Gasteiger charge is -2.11. The van der Waals surface area contributed by atoms with Crippen molar-refractivity contribution in [1.29, 1.82) is 5.26 Å². The van der Waals surface area contributed by atoms with Crippen molar-refractivity contribution < 1.29 is 13.6 Å². The average molecular weight is 413 g/mol. The first kappa shape index (κ1) is 20.2. The molecule has 1 aromatic heterocycles. The van der Waals surface area contributed by atoms with Gasteiger partial charge in [-0.1, -0.05) is 29.8 Å². The van der Waals surface area contributed by atoms with Crippen LogP contribution < -0.4 is 5.32 Å². The fourth-order valence-electron chi connectivity index (χ4n) is 2.69. The van der Waals surface area contributed by atoms with E-state index in [1.54, 1.807) is 13.0 Å². The summed E-state index contributed by atoms with van der Waals surface area (Å²) in [7, 11) is 0. The van der Waals surface area contributed by atoms with Gasteiger partial charge in [-0.25, -0.2) is 13.5 Å². The van der Waals surface area contributed by atoms with Crippen LogP contribution in [0.4, 0.5) is 8.78 Å². The third-order valence-corrected chi connectivity index (χ3v) is 4.52. The summed E-state index contributed by atoms with van der Waals surface area (Å²) < 4.78 is 28.4. The highest BCUT2D eigenvalue weighted by molar-refractivity contribution is 6.31. The lowest BCUT2D eigenvalue weighted by molar-refractivity contribution is -0.116. The van der Waals surface area contributed by atoms with Gasteiger partial charge in [0.1, 0.15) is 22.8 Å². The number of amides is 1. The van der Waals surface area contributed by atoms with E-state index in [9.17, 15) is 18.8 Å². The van der Waals surface area contributed by atoms with Crippen molar-refractivity contribution in [3.63, 3.8) is 0 Å². The summed E-state index contributed by atoms with van der Waals surface area (Å²) in [5.74, 6) is -1.56. The predicted molar refractivity (Wildman–Crippen MR) is 105 cm³/mol. The Labute approximate surface area is 170 Å². The van der Waals surface area contributed by atoms with Crippen molar-refractivity contribution >= 4 is 23.6 Å². The number of hydrogen-bond acceptors (Lipinski definition) is 3. The van der Waals surface area contributed by atoms with Crippen LogP contribution in [0.25, 0.3) is 11.8 Å². The molecule has 5 nitrogen and oxygen atoms in total. The van der Waals surface area contributed by atoms with Gasteiger partial charge in [0, 0.05) is 17.2 Å². The van der Waals surface area contributed by atoms with E-state index in [-0.39, 0.29) is 16.5 Å². The second-order valence-electron chi connectivity index (χ2n) is 6.10. The van der Waals surface area contributed by atoms with Crippen molar-refractivity contribution in [2.75, 3.05) is 0 Å². The van der Waals surface area contributed by atoms with Crippen molar-refractivity contribution in [2.45, 2.75) is 13.0 Å². The third-order valence-electron chi connectivity index (χ3n) is 4.15. The van der Waals surface area contributed by atoms with E-state index in [4.69, 9.17) is 11.6 Å². The smallest absolute Gasteiger partial charge is 0.245 e. The molecule has 0 saturated heterocycles. The molecule has 3 aromatic rings. The lowest BCUT2D eigenvalue weighted by atomic mass is 10.1. The summed E-state index contributed by atoms with van der Waals surface area (Å²) in [6, 6.07) is 12.1. The Balaban J connectivity index is 1.79. The molecule has 8 heteroatoms. The maximum atomic E-state index is 13.9. The average Bonchev–Trinajstić information content (AvgIpc) is 2.99. The third kappa shape index (κ3) is 4.50. The first-order chi connectivity index (χ1) is 13.9. The van der Waals surface area contributed by atoms with Crippen molar-refractivity contribution in [1.82, 2.24) is 15.1 Å². The fraction of sp³-hybridized carbons (Fsp3) is 0.0952. The molecular formula is C21H15ClF2N4O. The summed E-state index contributed by atoms with van der Waals surface area (Å²) in [5, 5.41) is 16.2. The van der Waals surface area contributed by atoms with Crippen LogP contribution in [0.15, 0.2) is 54.6 Å². The van der Waals surface area contributed by atoms with E-state index in [1.165, 1.54) is 59.3 Å². The zero-order valence-electron chi connectivity index (χ0n) is 15.2. The maximum absolute atomic E-state index is 13.9. The molecule has 1 atom stereocenters. The Hall–Kier alpha value is -3.50. The molecule has 1 heterocycles. The fourth-order valence-corrected chi connectivity index (χ4v) is 3.03. The minimum absolute atomic E-state index is 0.0788. The molecule has 3 rings (SSSR count). The Bertz CT molecular complexity index is 1120. The van der Waals surface area contributed by atoms with Crippen LogP contribution in [0.1, 0.15) is 22.9 Å². The Morgan fingerprint density at radius 2 is 1.93 bits per heavy atom. The highest BCUT2D eigenvalue weighted by Gasteiger charge is 2.17. The predicted octanol–water partition coefficient (Wildman–Crippen LogP) is 4.51. The monoisotopic (exact) mass is 412 g/mol. The number of halogens is 3. The number of benzene rings is 2.